The van der Waals surface area contributed by atoms with Crippen LogP contribution in [0.2, 0.25) is 0 Å². The van der Waals surface area contributed by atoms with Gasteiger partial charge in [-0.15, -0.1) is 11.8 Å². The van der Waals surface area contributed by atoms with Gasteiger partial charge in [0.05, 0.1) is 11.6 Å². The third-order valence-corrected chi connectivity index (χ3v) is 3.46. The summed E-state index contributed by atoms with van der Waals surface area (Å²) in [5.74, 6) is 1.04. The van der Waals surface area contributed by atoms with Gasteiger partial charge < -0.3 is 9.73 Å². The molecule has 1 aromatic heterocycles. The minimum absolute atomic E-state index is 0.443. The number of hydrogen-bond acceptors (Lipinski definition) is 3. The van der Waals surface area contributed by atoms with Crippen molar-refractivity contribution in [1.82, 2.24) is 5.32 Å². The average Bonchev–Trinajstić information content (AvgIpc) is 2.58. The van der Waals surface area contributed by atoms with Crippen molar-refractivity contribution in [2.45, 2.75) is 24.5 Å². The number of nitrogens with one attached hydrogen (secondary N) is 1. The minimum atomic E-state index is 0.443. The fourth-order valence-electron chi connectivity index (χ4n) is 1.45. The second-order valence-electron chi connectivity index (χ2n) is 3.17. The SMILES string of the molecule is Cc1occc1C1NCC(C)S1. The van der Waals surface area contributed by atoms with Crippen LogP contribution in [0.1, 0.15) is 23.6 Å². The molecule has 12 heavy (non-hydrogen) atoms. The molecule has 0 amide bonds. The van der Waals surface area contributed by atoms with Crippen molar-refractivity contribution in [3.63, 3.8) is 0 Å². The van der Waals surface area contributed by atoms with Gasteiger partial charge >= 0.3 is 0 Å². The van der Waals surface area contributed by atoms with E-state index in [1.54, 1.807) is 6.26 Å². The van der Waals surface area contributed by atoms with Crippen LogP contribution in [0.4, 0.5) is 0 Å². The lowest BCUT2D eigenvalue weighted by molar-refractivity contribution is 0.527. The van der Waals surface area contributed by atoms with Crippen molar-refractivity contribution in [2.75, 3.05) is 6.54 Å². The molecule has 1 fully saturated rings. The molecule has 66 valence electrons. The van der Waals surface area contributed by atoms with E-state index >= 15 is 0 Å². The lowest BCUT2D eigenvalue weighted by atomic mass is 10.2. The molecule has 2 heterocycles. The summed E-state index contributed by atoms with van der Waals surface area (Å²) in [5.41, 5.74) is 1.30. The maximum atomic E-state index is 5.26. The van der Waals surface area contributed by atoms with Crippen molar-refractivity contribution >= 4 is 11.8 Å². The third kappa shape index (κ3) is 1.39. The van der Waals surface area contributed by atoms with Crippen molar-refractivity contribution in [3.05, 3.63) is 23.7 Å². The first-order chi connectivity index (χ1) is 5.77. The van der Waals surface area contributed by atoms with Crippen LogP contribution in [0.5, 0.6) is 0 Å². The standard InChI is InChI=1S/C9H13NOS/c1-6-5-10-9(12-6)8-3-4-11-7(8)2/h3-4,6,9-10H,5H2,1-2H3. The summed E-state index contributed by atoms with van der Waals surface area (Å²) in [6, 6.07) is 2.05. The summed E-state index contributed by atoms with van der Waals surface area (Å²) in [7, 11) is 0. The van der Waals surface area contributed by atoms with Gasteiger partial charge in [-0.2, -0.15) is 0 Å². The van der Waals surface area contributed by atoms with Crippen LogP contribution in [-0.2, 0) is 0 Å². The fourth-order valence-corrected chi connectivity index (χ4v) is 2.69. The van der Waals surface area contributed by atoms with Gasteiger partial charge in [0.1, 0.15) is 5.76 Å². The first-order valence-electron chi connectivity index (χ1n) is 4.20. The molecule has 2 unspecified atom stereocenters. The second kappa shape index (κ2) is 3.15. The van der Waals surface area contributed by atoms with Crippen LogP contribution in [0.25, 0.3) is 0 Å². The topological polar surface area (TPSA) is 25.2 Å². The monoisotopic (exact) mass is 183 g/mol. The van der Waals surface area contributed by atoms with E-state index in [-0.39, 0.29) is 0 Å². The largest absolute Gasteiger partial charge is 0.469 e. The molecule has 0 spiro atoms. The molecule has 1 saturated heterocycles. The summed E-state index contributed by atoms with van der Waals surface area (Å²) in [5, 5.41) is 4.61. The second-order valence-corrected chi connectivity index (χ2v) is 4.72. The number of rotatable bonds is 1. The Balaban J connectivity index is 2.16. The summed E-state index contributed by atoms with van der Waals surface area (Å²) in [4.78, 5) is 0. The van der Waals surface area contributed by atoms with Gasteiger partial charge in [-0.25, -0.2) is 0 Å². The lowest BCUT2D eigenvalue weighted by Gasteiger charge is -2.07. The zero-order valence-electron chi connectivity index (χ0n) is 7.33. The average molecular weight is 183 g/mol. The van der Waals surface area contributed by atoms with Crippen molar-refractivity contribution in [2.24, 2.45) is 0 Å². The minimum Gasteiger partial charge on any atom is -0.469 e. The molecular formula is C9H13NOS. The van der Waals surface area contributed by atoms with E-state index in [1.807, 2.05) is 18.7 Å². The van der Waals surface area contributed by atoms with Crippen molar-refractivity contribution in [1.29, 1.82) is 0 Å². The maximum absolute atomic E-state index is 5.26. The van der Waals surface area contributed by atoms with Gasteiger partial charge in [-0.1, -0.05) is 6.92 Å². The Morgan fingerprint density at radius 2 is 2.50 bits per heavy atom. The maximum Gasteiger partial charge on any atom is 0.106 e. The van der Waals surface area contributed by atoms with E-state index in [9.17, 15) is 0 Å². The highest BCUT2D eigenvalue weighted by atomic mass is 32.2. The Morgan fingerprint density at radius 3 is 3.00 bits per heavy atom. The summed E-state index contributed by atoms with van der Waals surface area (Å²) < 4.78 is 5.26. The molecule has 0 aliphatic carbocycles. The molecule has 1 aromatic rings. The molecule has 3 heteroatoms. The van der Waals surface area contributed by atoms with E-state index < -0.39 is 0 Å². The third-order valence-electron chi connectivity index (χ3n) is 2.14. The first-order valence-corrected chi connectivity index (χ1v) is 5.14. The van der Waals surface area contributed by atoms with Crippen LogP contribution in [0.3, 0.4) is 0 Å². The van der Waals surface area contributed by atoms with Gasteiger partial charge in [0.25, 0.3) is 0 Å². The molecular weight excluding hydrogens is 170 g/mol. The number of thioether (sulfide) groups is 1. The van der Waals surface area contributed by atoms with Gasteiger partial charge in [0.2, 0.25) is 0 Å². The molecule has 0 saturated carbocycles. The van der Waals surface area contributed by atoms with E-state index in [4.69, 9.17) is 4.42 Å². The molecule has 1 N–H and O–H groups in total. The Kier molecular flexibility index (Phi) is 2.15. The van der Waals surface area contributed by atoms with Crippen molar-refractivity contribution < 1.29 is 4.42 Å². The molecule has 1 aliphatic heterocycles. The van der Waals surface area contributed by atoms with E-state index in [2.05, 4.69) is 18.3 Å². The van der Waals surface area contributed by atoms with Gasteiger partial charge in [-0.05, 0) is 13.0 Å². The Morgan fingerprint density at radius 1 is 1.67 bits per heavy atom. The van der Waals surface area contributed by atoms with Crippen LogP contribution in [-0.4, -0.2) is 11.8 Å². The van der Waals surface area contributed by atoms with Crippen LogP contribution < -0.4 is 5.32 Å². The normalized spacial score (nSPS) is 29.5. The number of aryl methyl sites for hydroxylation is 1. The highest BCUT2D eigenvalue weighted by Gasteiger charge is 2.24. The predicted octanol–water partition coefficient (Wildman–Crippen LogP) is 2.31. The van der Waals surface area contributed by atoms with Gasteiger partial charge in [0, 0.05) is 17.4 Å². The highest BCUT2D eigenvalue weighted by molar-refractivity contribution is 8.00. The summed E-state index contributed by atoms with van der Waals surface area (Å²) in [6.07, 6.45) is 1.76. The zero-order valence-corrected chi connectivity index (χ0v) is 8.15. The van der Waals surface area contributed by atoms with E-state index in [1.165, 1.54) is 5.56 Å². The number of hydrogen-bond donors (Lipinski definition) is 1. The lowest BCUT2D eigenvalue weighted by Crippen LogP contribution is -2.13. The highest BCUT2D eigenvalue weighted by Crippen LogP contribution is 2.36. The van der Waals surface area contributed by atoms with Crippen LogP contribution in [0, 0.1) is 6.92 Å². The fraction of sp³-hybridized carbons (Fsp3) is 0.556. The summed E-state index contributed by atoms with van der Waals surface area (Å²) in [6.45, 7) is 5.35. The molecule has 0 aromatic carbocycles. The summed E-state index contributed by atoms with van der Waals surface area (Å²) >= 11 is 1.97. The quantitative estimate of drug-likeness (QED) is 0.723. The molecule has 0 bridgehead atoms. The molecule has 2 nitrogen and oxygen atoms in total. The van der Waals surface area contributed by atoms with Crippen LogP contribution in [0.15, 0.2) is 16.7 Å². The zero-order chi connectivity index (χ0) is 8.55. The van der Waals surface area contributed by atoms with Gasteiger partial charge in [-0.3, -0.25) is 0 Å². The van der Waals surface area contributed by atoms with Crippen molar-refractivity contribution in [3.8, 4) is 0 Å². The molecule has 1 aliphatic rings. The van der Waals surface area contributed by atoms with Gasteiger partial charge in [0.15, 0.2) is 0 Å². The smallest absolute Gasteiger partial charge is 0.106 e. The first kappa shape index (κ1) is 8.20. The predicted molar refractivity (Wildman–Crippen MR) is 51.2 cm³/mol. The Hall–Kier alpha value is -0.410. The molecule has 0 radical (unpaired) electrons. The van der Waals surface area contributed by atoms with Crippen LogP contribution >= 0.6 is 11.8 Å². The Bertz CT molecular complexity index is 271. The van der Waals surface area contributed by atoms with E-state index in [0.717, 1.165) is 12.3 Å². The van der Waals surface area contributed by atoms with E-state index in [0.29, 0.717) is 10.6 Å². The molecule has 2 atom stereocenters. The Labute approximate surface area is 76.7 Å². The number of furan rings is 1. The molecule has 2 rings (SSSR count).